The monoisotopic (exact) mass is 294 g/mol. The molecule has 0 aliphatic rings. The summed E-state index contributed by atoms with van der Waals surface area (Å²) in [5, 5.41) is 12.5. The maximum absolute atomic E-state index is 11.8. The van der Waals surface area contributed by atoms with Crippen molar-refractivity contribution in [2.45, 2.75) is 33.2 Å². The highest BCUT2D eigenvalue weighted by atomic mass is 35.5. The molecule has 0 fully saturated rings. The van der Waals surface area contributed by atoms with E-state index in [1.807, 2.05) is 20.8 Å². The molecule has 4 nitrogen and oxygen atoms in total. The molecule has 0 spiro atoms. The van der Waals surface area contributed by atoms with Crippen LogP contribution in [0.4, 0.5) is 0 Å². The fourth-order valence-electron chi connectivity index (χ4n) is 1.48. The van der Waals surface area contributed by atoms with Crippen molar-refractivity contribution >= 4 is 17.5 Å². The smallest absolute Gasteiger partial charge is 0.259 e. The molecule has 0 saturated carbocycles. The molecule has 5 heteroatoms. The molecule has 0 aromatic heterocycles. The molecule has 0 saturated heterocycles. The highest BCUT2D eigenvalue weighted by Gasteiger charge is 2.29. The highest BCUT2D eigenvalue weighted by Crippen LogP contribution is 2.21. The van der Waals surface area contributed by atoms with Gasteiger partial charge >= 0.3 is 0 Å². The zero-order valence-electron chi connectivity index (χ0n) is 12.2. The van der Waals surface area contributed by atoms with Crippen LogP contribution < -0.4 is 10.1 Å². The van der Waals surface area contributed by atoms with Gasteiger partial charge in [-0.05, 0) is 43.5 Å². The Labute approximate surface area is 124 Å². The Balaban J connectivity index is 2.60. The number of rotatable bonds is 5. The van der Waals surface area contributed by atoms with E-state index in [1.54, 1.807) is 25.1 Å². The number of ether oxygens (including phenoxy) is 1. The molecule has 1 N–H and O–H groups in total. The van der Waals surface area contributed by atoms with Crippen molar-refractivity contribution in [1.29, 1.82) is 5.26 Å². The molecule has 0 unspecified atom stereocenters. The first-order valence-electron chi connectivity index (χ1n) is 6.39. The third-order valence-corrected chi connectivity index (χ3v) is 3.71. The van der Waals surface area contributed by atoms with Crippen molar-refractivity contribution < 1.29 is 9.53 Å². The molecule has 1 aromatic carbocycles. The number of benzene rings is 1. The maximum Gasteiger partial charge on any atom is 0.259 e. The maximum atomic E-state index is 11.8. The number of halogens is 1. The van der Waals surface area contributed by atoms with E-state index in [2.05, 4.69) is 11.4 Å². The lowest BCUT2D eigenvalue weighted by Gasteiger charge is -2.27. The number of carbonyl (C=O) groups is 1. The van der Waals surface area contributed by atoms with Gasteiger partial charge in [-0.1, -0.05) is 25.4 Å². The van der Waals surface area contributed by atoms with Crippen molar-refractivity contribution in [3.05, 3.63) is 28.8 Å². The molecule has 1 aromatic rings. The van der Waals surface area contributed by atoms with Crippen molar-refractivity contribution in [3.63, 3.8) is 0 Å². The average molecular weight is 295 g/mol. The van der Waals surface area contributed by atoms with Gasteiger partial charge in [-0.3, -0.25) is 4.79 Å². The predicted molar refractivity (Wildman–Crippen MR) is 78.7 cm³/mol. The molecule has 0 bridgehead atoms. The summed E-state index contributed by atoms with van der Waals surface area (Å²) in [5.41, 5.74) is -0.00952. The molecular formula is C15H19ClN2O2. The van der Waals surface area contributed by atoms with Crippen LogP contribution in [-0.2, 0) is 4.79 Å². The summed E-state index contributed by atoms with van der Waals surface area (Å²) in [6, 6.07) is 7.31. The number of amides is 1. The van der Waals surface area contributed by atoms with Gasteiger partial charge in [0.15, 0.2) is 6.61 Å². The first kappa shape index (κ1) is 16.3. The lowest BCUT2D eigenvalue weighted by atomic mass is 9.90. The summed E-state index contributed by atoms with van der Waals surface area (Å²) < 4.78 is 5.39. The minimum Gasteiger partial charge on any atom is -0.484 e. The quantitative estimate of drug-likeness (QED) is 0.908. The Bertz CT molecular complexity index is 537. The van der Waals surface area contributed by atoms with Crippen molar-refractivity contribution in [1.82, 2.24) is 5.32 Å². The second kappa shape index (κ2) is 6.62. The van der Waals surface area contributed by atoms with Crippen LogP contribution >= 0.6 is 11.6 Å². The van der Waals surface area contributed by atoms with E-state index in [4.69, 9.17) is 21.6 Å². The van der Waals surface area contributed by atoms with Crippen LogP contribution in [0.25, 0.3) is 0 Å². The Hall–Kier alpha value is -1.73. The van der Waals surface area contributed by atoms with Gasteiger partial charge in [0.05, 0.1) is 6.07 Å². The molecule has 0 heterocycles. The molecule has 1 rings (SSSR count). The van der Waals surface area contributed by atoms with Crippen LogP contribution in [0.5, 0.6) is 5.75 Å². The van der Waals surface area contributed by atoms with Gasteiger partial charge in [0.1, 0.15) is 11.3 Å². The zero-order valence-corrected chi connectivity index (χ0v) is 12.9. The van der Waals surface area contributed by atoms with Gasteiger partial charge in [0.25, 0.3) is 5.91 Å². The second-order valence-corrected chi connectivity index (χ2v) is 5.62. The van der Waals surface area contributed by atoms with E-state index in [1.165, 1.54) is 0 Å². The minimum absolute atomic E-state index is 0.00854. The number of hydrogen-bond acceptors (Lipinski definition) is 3. The predicted octanol–water partition coefficient (Wildman–Crippen LogP) is 3.08. The number of aryl methyl sites for hydroxylation is 1. The fraction of sp³-hybridized carbons (Fsp3) is 0.467. The van der Waals surface area contributed by atoms with Crippen molar-refractivity contribution in [2.75, 3.05) is 6.61 Å². The number of nitrogens with zero attached hydrogens (tertiary/aromatic N) is 1. The lowest BCUT2D eigenvalue weighted by molar-refractivity contribution is -0.124. The molecule has 1 atom stereocenters. The third kappa shape index (κ3) is 4.14. The molecular weight excluding hydrogens is 276 g/mol. The summed E-state index contributed by atoms with van der Waals surface area (Å²) in [4.78, 5) is 11.8. The van der Waals surface area contributed by atoms with E-state index in [-0.39, 0.29) is 18.4 Å². The van der Waals surface area contributed by atoms with E-state index in [0.717, 1.165) is 5.56 Å². The van der Waals surface area contributed by atoms with Crippen molar-refractivity contribution in [2.24, 2.45) is 5.92 Å². The average Bonchev–Trinajstić information content (AvgIpc) is 2.39. The van der Waals surface area contributed by atoms with Crippen LogP contribution in [0, 0.1) is 24.2 Å². The summed E-state index contributed by atoms with van der Waals surface area (Å²) >= 11 is 5.91. The number of hydrogen-bond donors (Lipinski definition) is 1. The Morgan fingerprint density at radius 1 is 1.55 bits per heavy atom. The van der Waals surface area contributed by atoms with E-state index < -0.39 is 5.54 Å². The van der Waals surface area contributed by atoms with Crippen LogP contribution in [0.15, 0.2) is 18.2 Å². The van der Waals surface area contributed by atoms with E-state index in [0.29, 0.717) is 10.8 Å². The van der Waals surface area contributed by atoms with Gasteiger partial charge in [-0.2, -0.15) is 5.26 Å². The Morgan fingerprint density at radius 2 is 2.20 bits per heavy atom. The van der Waals surface area contributed by atoms with Gasteiger partial charge < -0.3 is 10.1 Å². The number of nitrogens with one attached hydrogen (secondary N) is 1. The Morgan fingerprint density at radius 3 is 2.70 bits per heavy atom. The van der Waals surface area contributed by atoms with Crippen LogP contribution in [0.3, 0.4) is 0 Å². The van der Waals surface area contributed by atoms with E-state index in [9.17, 15) is 4.79 Å². The molecule has 0 aliphatic heterocycles. The first-order valence-corrected chi connectivity index (χ1v) is 6.77. The normalized spacial score (nSPS) is 13.4. The molecule has 0 aliphatic carbocycles. The largest absolute Gasteiger partial charge is 0.484 e. The summed E-state index contributed by atoms with van der Waals surface area (Å²) in [6.45, 7) is 7.19. The van der Waals surface area contributed by atoms with Crippen LogP contribution in [0.1, 0.15) is 26.3 Å². The molecule has 1 amide bonds. The van der Waals surface area contributed by atoms with Gasteiger partial charge in [0, 0.05) is 5.02 Å². The Kier molecular flexibility index (Phi) is 5.41. The SMILES string of the molecule is Cc1cc(OCC(=O)N[C@@](C)(C#N)C(C)C)ccc1Cl. The number of carbonyl (C=O) groups excluding carboxylic acids is 1. The zero-order chi connectivity index (χ0) is 15.3. The minimum atomic E-state index is -0.893. The summed E-state index contributed by atoms with van der Waals surface area (Å²) in [6.07, 6.45) is 0. The molecule has 108 valence electrons. The molecule has 20 heavy (non-hydrogen) atoms. The van der Waals surface area contributed by atoms with Gasteiger partial charge in [-0.15, -0.1) is 0 Å². The lowest BCUT2D eigenvalue weighted by Crippen LogP contribution is -2.50. The second-order valence-electron chi connectivity index (χ2n) is 5.22. The summed E-state index contributed by atoms with van der Waals surface area (Å²) in [7, 11) is 0. The van der Waals surface area contributed by atoms with Gasteiger partial charge in [0.2, 0.25) is 0 Å². The van der Waals surface area contributed by atoms with E-state index >= 15 is 0 Å². The van der Waals surface area contributed by atoms with Crippen molar-refractivity contribution in [3.8, 4) is 11.8 Å². The first-order chi connectivity index (χ1) is 9.28. The summed E-state index contributed by atoms with van der Waals surface area (Å²) in [5.74, 6) is 0.259. The van der Waals surface area contributed by atoms with Crippen LogP contribution in [0.2, 0.25) is 5.02 Å². The standard InChI is InChI=1S/C15H19ClN2O2/c1-10(2)15(4,9-17)18-14(19)8-20-12-5-6-13(16)11(3)7-12/h5-7,10H,8H2,1-4H3,(H,18,19)/t15-/m0/s1. The fourth-order valence-corrected chi connectivity index (χ4v) is 1.60. The van der Waals surface area contributed by atoms with Gasteiger partial charge in [-0.25, -0.2) is 0 Å². The number of nitriles is 1. The third-order valence-electron chi connectivity index (χ3n) is 3.29. The topological polar surface area (TPSA) is 62.1 Å². The van der Waals surface area contributed by atoms with Crippen LogP contribution in [-0.4, -0.2) is 18.1 Å². The molecule has 0 radical (unpaired) electrons. The highest BCUT2D eigenvalue weighted by molar-refractivity contribution is 6.31.